The number of nitrogens with one attached hydrogen (secondary N) is 1. The minimum atomic E-state index is -0.124. The van der Waals surface area contributed by atoms with Crippen LogP contribution in [0.3, 0.4) is 0 Å². The van der Waals surface area contributed by atoms with Crippen LogP contribution in [0.1, 0.15) is 28.7 Å². The van der Waals surface area contributed by atoms with Crippen molar-refractivity contribution in [1.82, 2.24) is 24.9 Å². The third-order valence-electron chi connectivity index (χ3n) is 3.09. The van der Waals surface area contributed by atoms with Crippen molar-refractivity contribution in [1.29, 1.82) is 0 Å². The summed E-state index contributed by atoms with van der Waals surface area (Å²) in [5.74, 6) is -0.124. The third-order valence-corrected chi connectivity index (χ3v) is 3.76. The Labute approximate surface area is 119 Å². The second kappa shape index (κ2) is 5.56. The van der Waals surface area contributed by atoms with Gasteiger partial charge in [0.05, 0.1) is 34.7 Å². The molecule has 0 bridgehead atoms. The standard InChI is InChI=1S/C12H16BrN5O/c1-4-18-11(10(13)6-16-18)7-14-12(19)9-5-15-17(3)8(9)2/h5-6H,4,7H2,1-3H3,(H,14,19). The Bertz CT molecular complexity index is 601. The molecule has 0 spiro atoms. The van der Waals surface area contributed by atoms with Gasteiger partial charge in [-0.05, 0) is 29.8 Å². The lowest BCUT2D eigenvalue weighted by Gasteiger charge is -2.07. The molecule has 0 aliphatic heterocycles. The van der Waals surface area contributed by atoms with Crippen molar-refractivity contribution in [2.75, 3.05) is 0 Å². The third kappa shape index (κ3) is 2.70. The van der Waals surface area contributed by atoms with Gasteiger partial charge in [-0.3, -0.25) is 14.2 Å². The quantitative estimate of drug-likeness (QED) is 0.929. The van der Waals surface area contributed by atoms with Crippen molar-refractivity contribution < 1.29 is 4.79 Å². The van der Waals surface area contributed by atoms with Gasteiger partial charge in [0.2, 0.25) is 0 Å². The molecule has 1 N–H and O–H groups in total. The maximum atomic E-state index is 12.1. The molecule has 0 saturated carbocycles. The molecule has 0 radical (unpaired) electrons. The lowest BCUT2D eigenvalue weighted by molar-refractivity contribution is 0.0949. The Morgan fingerprint density at radius 2 is 2.16 bits per heavy atom. The molecular formula is C12H16BrN5O. The second-order valence-corrected chi connectivity index (χ2v) is 5.06. The second-order valence-electron chi connectivity index (χ2n) is 4.20. The summed E-state index contributed by atoms with van der Waals surface area (Å²) >= 11 is 3.43. The molecule has 0 aliphatic rings. The fourth-order valence-corrected chi connectivity index (χ4v) is 2.25. The van der Waals surface area contributed by atoms with Crippen molar-refractivity contribution >= 4 is 21.8 Å². The monoisotopic (exact) mass is 325 g/mol. The summed E-state index contributed by atoms with van der Waals surface area (Å²) < 4.78 is 4.43. The van der Waals surface area contributed by atoms with E-state index in [1.54, 1.807) is 17.1 Å². The summed E-state index contributed by atoms with van der Waals surface area (Å²) in [6.07, 6.45) is 3.32. The van der Waals surface area contributed by atoms with E-state index in [0.29, 0.717) is 12.1 Å². The van der Waals surface area contributed by atoms with Crippen molar-refractivity contribution in [3.63, 3.8) is 0 Å². The summed E-state index contributed by atoms with van der Waals surface area (Å²) in [5.41, 5.74) is 2.40. The van der Waals surface area contributed by atoms with Crippen molar-refractivity contribution in [2.24, 2.45) is 7.05 Å². The number of nitrogens with zero attached hydrogens (tertiary/aromatic N) is 4. The fourth-order valence-electron chi connectivity index (χ4n) is 1.82. The van der Waals surface area contributed by atoms with Gasteiger partial charge in [0.25, 0.3) is 5.91 Å². The van der Waals surface area contributed by atoms with Gasteiger partial charge in [-0.1, -0.05) is 0 Å². The fraction of sp³-hybridized carbons (Fsp3) is 0.417. The van der Waals surface area contributed by atoms with Gasteiger partial charge < -0.3 is 5.32 Å². The number of halogens is 1. The maximum absolute atomic E-state index is 12.1. The van der Waals surface area contributed by atoms with Gasteiger partial charge >= 0.3 is 0 Å². The van der Waals surface area contributed by atoms with Gasteiger partial charge in [-0.25, -0.2) is 0 Å². The van der Waals surface area contributed by atoms with Crippen molar-refractivity contribution in [2.45, 2.75) is 26.9 Å². The molecule has 6 nitrogen and oxygen atoms in total. The minimum absolute atomic E-state index is 0.124. The normalized spacial score (nSPS) is 10.7. The summed E-state index contributed by atoms with van der Waals surface area (Å²) in [6.45, 7) is 5.08. The van der Waals surface area contributed by atoms with Crippen LogP contribution in [0, 0.1) is 6.92 Å². The molecule has 7 heteroatoms. The summed E-state index contributed by atoms with van der Waals surface area (Å²) in [7, 11) is 1.81. The highest BCUT2D eigenvalue weighted by Crippen LogP contribution is 2.16. The molecule has 2 rings (SSSR count). The topological polar surface area (TPSA) is 64.7 Å². The Kier molecular flexibility index (Phi) is 4.04. The molecule has 0 fully saturated rings. The van der Waals surface area contributed by atoms with Crippen LogP contribution in [0.25, 0.3) is 0 Å². The first-order valence-electron chi connectivity index (χ1n) is 6.01. The van der Waals surface area contributed by atoms with E-state index in [4.69, 9.17) is 0 Å². The van der Waals surface area contributed by atoms with Crippen LogP contribution in [-0.4, -0.2) is 25.5 Å². The maximum Gasteiger partial charge on any atom is 0.255 e. The van der Waals surface area contributed by atoms with Gasteiger partial charge in [0.1, 0.15) is 0 Å². The van der Waals surface area contributed by atoms with Crippen molar-refractivity contribution in [3.05, 3.63) is 33.8 Å². The predicted molar refractivity (Wildman–Crippen MR) is 74.7 cm³/mol. The highest BCUT2D eigenvalue weighted by atomic mass is 79.9. The summed E-state index contributed by atoms with van der Waals surface area (Å²) in [6, 6.07) is 0. The zero-order chi connectivity index (χ0) is 14.0. The van der Waals surface area contributed by atoms with Gasteiger partial charge in [-0.2, -0.15) is 10.2 Å². The molecule has 19 heavy (non-hydrogen) atoms. The number of carbonyl (C=O) groups excluding carboxylic acids is 1. The average Bonchev–Trinajstić information content (AvgIpc) is 2.91. The smallest absolute Gasteiger partial charge is 0.255 e. The van der Waals surface area contributed by atoms with Crippen LogP contribution in [-0.2, 0) is 20.1 Å². The number of hydrogen-bond acceptors (Lipinski definition) is 3. The molecular weight excluding hydrogens is 310 g/mol. The Morgan fingerprint density at radius 3 is 2.74 bits per heavy atom. The van der Waals surface area contributed by atoms with Crippen LogP contribution < -0.4 is 5.32 Å². The number of rotatable bonds is 4. The molecule has 0 saturated heterocycles. The molecule has 2 heterocycles. The Morgan fingerprint density at radius 1 is 1.42 bits per heavy atom. The molecule has 0 aliphatic carbocycles. The zero-order valence-corrected chi connectivity index (χ0v) is 12.7. The van der Waals surface area contributed by atoms with Crippen LogP contribution in [0.5, 0.6) is 0 Å². The van der Waals surface area contributed by atoms with Crippen LogP contribution in [0.15, 0.2) is 16.9 Å². The number of amides is 1. The predicted octanol–water partition coefficient (Wildman–Crippen LogP) is 1.64. The van der Waals surface area contributed by atoms with Gasteiger partial charge in [0.15, 0.2) is 0 Å². The highest BCUT2D eigenvalue weighted by molar-refractivity contribution is 9.10. The number of hydrogen-bond donors (Lipinski definition) is 1. The van der Waals surface area contributed by atoms with E-state index in [-0.39, 0.29) is 5.91 Å². The minimum Gasteiger partial charge on any atom is -0.346 e. The van der Waals surface area contributed by atoms with E-state index in [1.807, 2.05) is 25.6 Å². The largest absolute Gasteiger partial charge is 0.346 e. The summed E-state index contributed by atoms with van der Waals surface area (Å²) in [5, 5.41) is 11.2. The average molecular weight is 326 g/mol. The molecule has 1 amide bonds. The first-order valence-corrected chi connectivity index (χ1v) is 6.80. The summed E-state index contributed by atoms with van der Waals surface area (Å²) in [4.78, 5) is 12.1. The molecule has 102 valence electrons. The van der Waals surface area contributed by atoms with Crippen LogP contribution in [0.4, 0.5) is 0 Å². The van der Waals surface area contributed by atoms with E-state index in [2.05, 4.69) is 31.4 Å². The van der Waals surface area contributed by atoms with Crippen LogP contribution in [0.2, 0.25) is 0 Å². The van der Waals surface area contributed by atoms with Crippen LogP contribution >= 0.6 is 15.9 Å². The molecule has 0 atom stereocenters. The van der Waals surface area contributed by atoms with Gasteiger partial charge in [0, 0.05) is 19.3 Å². The Hall–Kier alpha value is -1.63. The van der Waals surface area contributed by atoms with Gasteiger partial charge in [-0.15, -0.1) is 0 Å². The zero-order valence-electron chi connectivity index (χ0n) is 11.1. The SMILES string of the molecule is CCn1ncc(Br)c1CNC(=O)c1cnn(C)c1C. The highest BCUT2D eigenvalue weighted by Gasteiger charge is 2.14. The van der Waals surface area contributed by atoms with E-state index in [1.165, 1.54) is 0 Å². The number of aryl methyl sites for hydroxylation is 2. The lowest BCUT2D eigenvalue weighted by Crippen LogP contribution is -2.25. The Balaban J connectivity index is 2.08. The van der Waals surface area contributed by atoms with Crippen molar-refractivity contribution in [3.8, 4) is 0 Å². The molecule has 0 aromatic carbocycles. The molecule has 2 aromatic heterocycles. The number of carbonyl (C=O) groups is 1. The first-order chi connectivity index (χ1) is 9.04. The molecule has 2 aromatic rings. The van der Waals surface area contributed by atoms with E-state index in [0.717, 1.165) is 22.4 Å². The number of aromatic nitrogens is 4. The van der Waals surface area contributed by atoms with E-state index >= 15 is 0 Å². The first kappa shape index (κ1) is 13.8. The van der Waals surface area contributed by atoms with E-state index in [9.17, 15) is 4.79 Å². The van der Waals surface area contributed by atoms with E-state index < -0.39 is 0 Å². The lowest BCUT2D eigenvalue weighted by atomic mass is 10.2. The molecule has 0 unspecified atom stereocenters.